The van der Waals surface area contributed by atoms with Gasteiger partial charge in [0.25, 0.3) is 0 Å². The molecule has 0 amide bonds. The van der Waals surface area contributed by atoms with E-state index in [1.54, 1.807) is 0 Å². The fourth-order valence-corrected chi connectivity index (χ4v) is 0.853. The summed E-state index contributed by atoms with van der Waals surface area (Å²) < 4.78 is 23.9. The van der Waals surface area contributed by atoms with Crippen LogP contribution in [-0.4, -0.2) is 24.9 Å². The second-order valence-corrected chi connectivity index (χ2v) is 2.33. The van der Waals surface area contributed by atoms with E-state index in [2.05, 4.69) is 0 Å². The molecule has 64 valence electrons. The Morgan fingerprint density at radius 1 is 0.917 bits per heavy atom. The van der Waals surface area contributed by atoms with Crippen molar-refractivity contribution in [2.24, 2.45) is 0 Å². The first-order valence-electron chi connectivity index (χ1n) is 3.30. The highest BCUT2D eigenvalue weighted by atomic mass is 19.1. The molecule has 0 aromatic heterocycles. The zero-order chi connectivity index (χ0) is 9.14. The number of carbonyl (C=O) groups excluding carboxylic acids is 2. The van der Waals surface area contributed by atoms with Gasteiger partial charge in [-0.3, -0.25) is 9.59 Å². The molecule has 0 fully saturated rings. The fourth-order valence-electron chi connectivity index (χ4n) is 0.853. The molecule has 4 heteroatoms. The van der Waals surface area contributed by atoms with Crippen molar-refractivity contribution in [2.45, 2.75) is 0 Å². The number of alkyl halides is 2. The van der Waals surface area contributed by atoms with Crippen LogP contribution in [0.2, 0.25) is 0 Å². The molecular weight excluding hydrogens is 166 g/mol. The van der Waals surface area contributed by atoms with Gasteiger partial charge >= 0.3 is 0 Å². The van der Waals surface area contributed by atoms with Crippen molar-refractivity contribution in [3.8, 4) is 0 Å². The van der Waals surface area contributed by atoms with E-state index in [0.717, 1.165) is 12.2 Å². The van der Waals surface area contributed by atoms with Gasteiger partial charge in [-0.1, -0.05) is 0 Å². The summed E-state index contributed by atoms with van der Waals surface area (Å²) in [6, 6.07) is 0. The van der Waals surface area contributed by atoms with E-state index in [1.807, 2.05) is 0 Å². The summed E-state index contributed by atoms with van der Waals surface area (Å²) in [6.45, 7) is -1.97. The van der Waals surface area contributed by atoms with Crippen molar-refractivity contribution >= 4 is 11.6 Å². The number of ketones is 2. The molecule has 0 aliphatic heterocycles. The van der Waals surface area contributed by atoms with Gasteiger partial charge in [-0.25, -0.2) is 8.78 Å². The summed E-state index contributed by atoms with van der Waals surface area (Å²) in [5.74, 6) is -1.24. The molecule has 0 spiro atoms. The maximum Gasteiger partial charge on any atom is 0.185 e. The molecule has 1 rings (SSSR count). The minimum Gasteiger partial charge on any atom is -0.290 e. The lowest BCUT2D eigenvalue weighted by Gasteiger charge is -2.05. The van der Waals surface area contributed by atoms with Crippen molar-refractivity contribution in [1.82, 2.24) is 0 Å². The summed E-state index contributed by atoms with van der Waals surface area (Å²) in [7, 11) is 0. The molecule has 0 heterocycles. The third-order valence-electron chi connectivity index (χ3n) is 1.53. The van der Waals surface area contributed by atoms with Gasteiger partial charge in [0.1, 0.15) is 13.3 Å². The average Bonchev–Trinajstić information content (AvgIpc) is 2.08. The van der Waals surface area contributed by atoms with Crippen molar-refractivity contribution in [1.29, 1.82) is 0 Å². The molecule has 0 N–H and O–H groups in total. The summed E-state index contributed by atoms with van der Waals surface area (Å²) >= 11 is 0. The molecule has 1 aliphatic carbocycles. The van der Waals surface area contributed by atoms with Gasteiger partial charge in [0.15, 0.2) is 11.6 Å². The van der Waals surface area contributed by atoms with E-state index < -0.39 is 24.9 Å². The van der Waals surface area contributed by atoms with Gasteiger partial charge in [0, 0.05) is 11.1 Å². The van der Waals surface area contributed by atoms with Gasteiger partial charge in [-0.05, 0) is 12.2 Å². The SMILES string of the molecule is O=C1C=C(CF)C(=O)C=C1CF. The number of rotatable bonds is 2. The van der Waals surface area contributed by atoms with Crippen molar-refractivity contribution in [2.75, 3.05) is 13.3 Å². The highest BCUT2D eigenvalue weighted by Crippen LogP contribution is 2.12. The minimum absolute atomic E-state index is 0.211. The molecule has 0 saturated carbocycles. The van der Waals surface area contributed by atoms with Crippen LogP contribution in [0.3, 0.4) is 0 Å². The first-order chi connectivity index (χ1) is 5.69. The molecule has 0 saturated heterocycles. The highest BCUT2D eigenvalue weighted by molar-refractivity contribution is 6.20. The van der Waals surface area contributed by atoms with Crippen LogP contribution in [-0.2, 0) is 9.59 Å². The average molecular weight is 172 g/mol. The topological polar surface area (TPSA) is 34.1 Å². The second-order valence-electron chi connectivity index (χ2n) is 2.33. The summed E-state index contributed by atoms with van der Waals surface area (Å²) in [5.41, 5.74) is -0.422. The molecule has 0 aromatic carbocycles. The number of hydrogen-bond acceptors (Lipinski definition) is 2. The van der Waals surface area contributed by atoms with Gasteiger partial charge in [0.05, 0.1) is 0 Å². The Balaban J connectivity index is 2.94. The van der Waals surface area contributed by atoms with Crippen molar-refractivity contribution < 1.29 is 18.4 Å². The van der Waals surface area contributed by atoms with Crippen molar-refractivity contribution in [3.05, 3.63) is 23.3 Å². The van der Waals surface area contributed by atoms with Gasteiger partial charge in [-0.2, -0.15) is 0 Å². The summed E-state index contributed by atoms with van der Waals surface area (Å²) in [6.07, 6.45) is 1.69. The maximum atomic E-state index is 12.0. The van der Waals surface area contributed by atoms with Crippen LogP contribution < -0.4 is 0 Å². The number of halogens is 2. The Morgan fingerprint density at radius 3 is 1.50 bits per heavy atom. The Morgan fingerprint density at radius 2 is 1.25 bits per heavy atom. The van der Waals surface area contributed by atoms with Crippen LogP contribution in [0.5, 0.6) is 0 Å². The minimum atomic E-state index is -0.985. The fraction of sp³-hybridized carbons (Fsp3) is 0.250. The zero-order valence-electron chi connectivity index (χ0n) is 6.14. The van der Waals surface area contributed by atoms with Crippen LogP contribution in [0.4, 0.5) is 8.78 Å². The Bertz CT molecular complexity index is 259. The number of carbonyl (C=O) groups is 2. The van der Waals surface area contributed by atoms with Gasteiger partial charge < -0.3 is 0 Å². The third kappa shape index (κ3) is 1.47. The molecule has 2 nitrogen and oxygen atoms in total. The lowest BCUT2D eigenvalue weighted by atomic mass is 9.99. The number of allylic oxidation sites excluding steroid dienone is 4. The molecule has 0 aromatic rings. The molecular formula is C8H6F2O2. The van der Waals surface area contributed by atoms with Crippen LogP contribution in [0.15, 0.2) is 23.3 Å². The van der Waals surface area contributed by atoms with Crippen LogP contribution in [0.1, 0.15) is 0 Å². The zero-order valence-corrected chi connectivity index (χ0v) is 6.14. The normalized spacial score (nSPS) is 17.5. The molecule has 1 aliphatic rings. The van der Waals surface area contributed by atoms with Crippen LogP contribution in [0.25, 0.3) is 0 Å². The molecule has 12 heavy (non-hydrogen) atoms. The van der Waals surface area contributed by atoms with Crippen LogP contribution in [0, 0.1) is 0 Å². The second kappa shape index (κ2) is 3.38. The molecule has 0 unspecified atom stereocenters. The third-order valence-corrected chi connectivity index (χ3v) is 1.53. The van der Waals surface area contributed by atoms with Gasteiger partial charge in [0.2, 0.25) is 0 Å². The van der Waals surface area contributed by atoms with Crippen molar-refractivity contribution in [3.63, 3.8) is 0 Å². The Hall–Kier alpha value is -1.32. The van der Waals surface area contributed by atoms with E-state index in [-0.39, 0.29) is 11.1 Å². The predicted molar refractivity (Wildman–Crippen MR) is 38.1 cm³/mol. The van der Waals surface area contributed by atoms with E-state index >= 15 is 0 Å². The Labute approximate surface area is 67.6 Å². The predicted octanol–water partition coefficient (Wildman–Crippen LogP) is 0.930. The summed E-state index contributed by atoms with van der Waals surface area (Å²) in [5, 5.41) is 0. The highest BCUT2D eigenvalue weighted by Gasteiger charge is 2.19. The smallest absolute Gasteiger partial charge is 0.185 e. The largest absolute Gasteiger partial charge is 0.290 e. The molecule has 0 atom stereocenters. The van der Waals surface area contributed by atoms with Crippen LogP contribution >= 0.6 is 0 Å². The van der Waals surface area contributed by atoms with E-state index in [4.69, 9.17) is 0 Å². The lowest BCUT2D eigenvalue weighted by molar-refractivity contribution is -0.115. The van der Waals surface area contributed by atoms with Gasteiger partial charge in [-0.15, -0.1) is 0 Å². The summed E-state index contributed by atoms with van der Waals surface area (Å²) in [4.78, 5) is 21.7. The monoisotopic (exact) mass is 172 g/mol. The Kier molecular flexibility index (Phi) is 2.47. The van der Waals surface area contributed by atoms with E-state index in [0.29, 0.717) is 0 Å². The first kappa shape index (κ1) is 8.77. The standard InChI is InChI=1S/C8H6F2O2/c9-3-5-1-7(11)6(4-10)2-8(5)12/h1-2H,3-4H2. The van der Waals surface area contributed by atoms with E-state index in [1.165, 1.54) is 0 Å². The molecule has 0 bridgehead atoms. The lowest BCUT2D eigenvalue weighted by Crippen LogP contribution is -2.15. The quantitative estimate of drug-likeness (QED) is 0.580. The number of hydrogen-bond donors (Lipinski definition) is 0. The maximum absolute atomic E-state index is 12.0. The first-order valence-corrected chi connectivity index (χ1v) is 3.30. The van der Waals surface area contributed by atoms with E-state index in [9.17, 15) is 18.4 Å². The molecule has 0 radical (unpaired) electrons.